The van der Waals surface area contributed by atoms with Gasteiger partial charge in [0.1, 0.15) is 0 Å². The summed E-state index contributed by atoms with van der Waals surface area (Å²) < 4.78 is 28.2. The van der Waals surface area contributed by atoms with E-state index in [-0.39, 0.29) is 10.7 Å². The Morgan fingerprint density at radius 3 is 2.29 bits per heavy atom. The van der Waals surface area contributed by atoms with Gasteiger partial charge in [-0.15, -0.1) is 0 Å². The van der Waals surface area contributed by atoms with Gasteiger partial charge in [-0.05, 0) is 31.0 Å². The molecule has 0 spiro atoms. The van der Waals surface area contributed by atoms with Gasteiger partial charge in [0.25, 0.3) is 10.0 Å². The molecule has 114 valence electrons. The summed E-state index contributed by atoms with van der Waals surface area (Å²) in [5, 5.41) is 3.97. The predicted molar refractivity (Wildman–Crippen MR) is 83.8 cm³/mol. The zero-order chi connectivity index (χ0) is 15.8. The molecule has 1 aromatic carbocycles. The van der Waals surface area contributed by atoms with Crippen LogP contribution in [0.25, 0.3) is 0 Å². The van der Waals surface area contributed by atoms with E-state index in [4.69, 9.17) is 5.73 Å². The van der Waals surface area contributed by atoms with Crippen LogP contribution < -0.4 is 10.0 Å². The fraction of sp³-hybridized carbons (Fsp3) is 0.357. The highest BCUT2D eigenvalue weighted by atomic mass is 32.2. The number of hydrogen-bond donors (Lipinski definition) is 1. The molecule has 0 fully saturated rings. The number of aryl methyl sites for hydroxylation is 2. The van der Waals surface area contributed by atoms with Crippen molar-refractivity contribution in [1.82, 2.24) is 9.78 Å². The van der Waals surface area contributed by atoms with Gasteiger partial charge >= 0.3 is 0 Å². The van der Waals surface area contributed by atoms with E-state index >= 15 is 0 Å². The summed E-state index contributed by atoms with van der Waals surface area (Å²) in [5.41, 5.74) is 8.02. The molecule has 21 heavy (non-hydrogen) atoms. The summed E-state index contributed by atoms with van der Waals surface area (Å²) in [6.07, 6.45) is 0.908. The maximum Gasteiger partial charge on any atom is 0.269 e. The van der Waals surface area contributed by atoms with E-state index in [0.29, 0.717) is 11.4 Å². The Morgan fingerprint density at radius 2 is 1.86 bits per heavy atom. The summed E-state index contributed by atoms with van der Waals surface area (Å²) >= 11 is 0. The summed E-state index contributed by atoms with van der Waals surface area (Å²) in [5.74, 6) is 0.0204. The Hall–Kier alpha value is -2.02. The lowest BCUT2D eigenvalue weighted by Gasteiger charge is -2.19. The maximum atomic E-state index is 12.7. The van der Waals surface area contributed by atoms with Gasteiger partial charge in [0.15, 0.2) is 10.7 Å². The van der Waals surface area contributed by atoms with Crippen molar-refractivity contribution >= 4 is 21.5 Å². The van der Waals surface area contributed by atoms with E-state index in [1.165, 1.54) is 16.0 Å². The number of nitrogens with two attached hydrogens (primary N) is 1. The predicted octanol–water partition coefficient (Wildman–Crippen LogP) is 1.70. The first-order valence-electron chi connectivity index (χ1n) is 6.66. The first kappa shape index (κ1) is 15.4. The van der Waals surface area contributed by atoms with E-state index < -0.39 is 10.0 Å². The number of nitrogens with zero attached hydrogens (tertiary/aromatic N) is 3. The van der Waals surface area contributed by atoms with Crippen LogP contribution in [0.4, 0.5) is 11.5 Å². The van der Waals surface area contributed by atoms with E-state index in [1.807, 2.05) is 12.1 Å². The minimum atomic E-state index is -3.73. The van der Waals surface area contributed by atoms with Gasteiger partial charge in [0.2, 0.25) is 0 Å². The number of hydrogen-bond acceptors (Lipinski definition) is 4. The molecule has 7 heteroatoms. The molecule has 1 aromatic heterocycles. The van der Waals surface area contributed by atoms with Gasteiger partial charge < -0.3 is 5.73 Å². The third-order valence-electron chi connectivity index (χ3n) is 3.63. The molecule has 0 aliphatic carbocycles. The molecule has 0 bridgehead atoms. The SMILES string of the molecule is CCc1ccc(N(C)S(=O)(=O)c2c(N)nn(C)c2C)cc1. The lowest BCUT2D eigenvalue weighted by atomic mass is 10.1. The largest absolute Gasteiger partial charge is 0.381 e. The zero-order valence-electron chi connectivity index (χ0n) is 12.7. The van der Waals surface area contributed by atoms with Gasteiger partial charge in [0.05, 0.1) is 11.4 Å². The summed E-state index contributed by atoms with van der Waals surface area (Å²) in [4.78, 5) is 0.0621. The molecule has 1 heterocycles. The molecular weight excluding hydrogens is 288 g/mol. The van der Waals surface area contributed by atoms with Crippen LogP contribution in [-0.2, 0) is 23.5 Å². The highest BCUT2D eigenvalue weighted by molar-refractivity contribution is 7.93. The Bertz CT molecular complexity index is 748. The van der Waals surface area contributed by atoms with Gasteiger partial charge in [-0.25, -0.2) is 8.42 Å². The van der Waals surface area contributed by atoms with Gasteiger partial charge in [0, 0.05) is 14.1 Å². The van der Waals surface area contributed by atoms with E-state index in [9.17, 15) is 8.42 Å². The third kappa shape index (κ3) is 2.61. The molecule has 2 aromatic rings. The van der Waals surface area contributed by atoms with Crippen molar-refractivity contribution in [3.8, 4) is 0 Å². The van der Waals surface area contributed by atoms with Crippen LogP contribution in [-0.4, -0.2) is 25.2 Å². The molecule has 0 unspecified atom stereocenters. The summed E-state index contributed by atoms with van der Waals surface area (Å²) in [6.45, 7) is 3.74. The van der Waals surface area contributed by atoms with E-state index in [2.05, 4.69) is 12.0 Å². The average molecular weight is 308 g/mol. The van der Waals surface area contributed by atoms with Crippen molar-refractivity contribution in [2.45, 2.75) is 25.2 Å². The quantitative estimate of drug-likeness (QED) is 0.932. The van der Waals surface area contributed by atoms with Crippen molar-refractivity contribution < 1.29 is 8.42 Å². The van der Waals surface area contributed by atoms with Crippen molar-refractivity contribution in [1.29, 1.82) is 0 Å². The molecule has 0 amide bonds. The number of sulfonamides is 1. The Kier molecular flexibility index (Phi) is 3.95. The van der Waals surface area contributed by atoms with Crippen LogP contribution in [0.1, 0.15) is 18.2 Å². The van der Waals surface area contributed by atoms with Crippen LogP contribution in [0.3, 0.4) is 0 Å². The molecule has 0 saturated carbocycles. The van der Waals surface area contributed by atoms with E-state index in [1.54, 1.807) is 26.1 Å². The maximum absolute atomic E-state index is 12.7. The summed E-state index contributed by atoms with van der Waals surface area (Å²) in [7, 11) is -0.544. The molecule has 2 rings (SSSR count). The third-order valence-corrected chi connectivity index (χ3v) is 5.58. The number of aromatic nitrogens is 2. The number of benzene rings is 1. The summed E-state index contributed by atoms with van der Waals surface area (Å²) in [6, 6.07) is 7.41. The smallest absolute Gasteiger partial charge is 0.269 e. The van der Waals surface area contributed by atoms with Crippen molar-refractivity contribution in [3.63, 3.8) is 0 Å². The van der Waals surface area contributed by atoms with Gasteiger partial charge in [-0.3, -0.25) is 8.99 Å². The van der Waals surface area contributed by atoms with Crippen molar-refractivity contribution in [3.05, 3.63) is 35.5 Å². The molecular formula is C14H20N4O2S. The topological polar surface area (TPSA) is 81.2 Å². The lowest BCUT2D eigenvalue weighted by molar-refractivity contribution is 0.593. The second kappa shape index (κ2) is 5.40. The Morgan fingerprint density at radius 1 is 1.29 bits per heavy atom. The average Bonchev–Trinajstić information content (AvgIpc) is 2.71. The highest BCUT2D eigenvalue weighted by Gasteiger charge is 2.29. The van der Waals surface area contributed by atoms with Crippen molar-refractivity contribution in [2.75, 3.05) is 17.1 Å². The van der Waals surface area contributed by atoms with Gasteiger partial charge in [-0.2, -0.15) is 5.10 Å². The standard InChI is InChI=1S/C14H20N4O2S/c1-5-11-6-8-12(9-7-11)18(4)21(19,20)13-10(2)17(3)16-14(13)15/h6-9H,5H2,1-4H3,(H2,15,16). The molecule has 6 nitrogen and oxygen atoms in total. The first-order valence-corrected chi connectivity index (χ1v) is 8.10. The normalized spacial score (nSPS) is 11.6. The van der Waals surface area contributed by atoms with Crippen LogP contribution in [0.2, 0.25) is 0 Å². The van der Waals surface area contributed by atoms with Crippen LogP contribution in [0.5, 0.6) is 0 Å². The highest BCUT2D eigenvalue weighted by Crippen LogP contribution is 2.28. The molecule has 0 aliphatic rings. The molecule has 2 N–H and O–H groups in total. The van der Waals surface area contributed by atoms with E-state index in [0.717, 1.165) is 12.0 Å². The van der Waals surface area contributed by atoms with Crippen LogP contribution >= 0.6 is 0 Å². The van der Waals surface area contributed by atoms with Crippen molar-refractivity contribution in [2.24, 2.45) is 7.05 Å². The molecule has 0 saturated heterocycles. The van der Waals surface area contributed by atoms with Crippen LogP contribution in [0, 0.1) is 6.92 Å². The fourth-order valence-corrected chi connectivity index (χ4v) is 3.63. The number of nitrogen functional groups attached to an aromatic ring is 1. The van der Waals surface area contributed by atoms with Gasteiger partial charge in [-0.1, -0.05) is 19.1 Å². The second-order valence-electron chi connectivity index (χ2n) is 4.92. The first-order chi connectivity index (χ1) is 9.78. The lowest BCUT2D eigenvalue weighted by Crippen LogP contribution is -2.27. The number of anilines is 2. The zero-order valence-corrected chi connectivity index (χ0v) is 13.5. The van der Waals surface area contributed by atoms with Crippen LogP contribution in [0.15, 0.2) is 29.2 Å². The molecule has 0 atom stereocenters. The minimum Gasteiger partial charge on any atom is -0.381 e. The molecule has 0 radical (unpaired) electrons. The Balaban J connectivity index is 2.47. The Labute approximate surface area is 125 Å². The second-order valence-corrected chi connectivity index (χ2v) is 6.82. The minimum absolute atomic E-state index is 0.0204. The monoisotopic (exact) mass is 308 g/mol. The molecule has 0 aliphatic heterocycles. The number of rotatable bonds is 4. The fourth-order valence-electron chi connectivity index (χ4n) is 2.15.